The number of nitrogens with zero attached hydrogens (tertiary/aromatic N) is 2. The van der Waals surface area contributed by atoms with E-state index < -0.39 is 16.1 Å². The Morgan fingerprint density at radius 3 is 2.79 bits per heavy atom. The van der Waals surface area contributed by atoms with Crippen LogP contribution in [0.3, 0.4) is 0 Å². The predicted molar refractivity (Wildman–Crippen MR) is 69.7 cm³/mol. The molecule has 2 unspecified atom stereocenters. The van der Waals surface area contributed by atoms with E-state index in [1.54, 1.807) is 12.1 Å². The molecule has 2 rings (SSSR count). The van der Waals surface area contributed by atoms with Crippen LogP contribution in [0.15, 0.2) is 29.2 Å². The largest absolute Gasteiger partial charge is 0.395 e. The highest BCUT2D eigenvalue weighted by Crippen LogP contribution is 2.30. The van der Waals surface area contributed by atoms with E-state index in [9.17, 15) is 13.5 Å². The van der Waals surface area contributed by atoms with Gasteiger partial charge in [-0.3, -0.25) is 0 Å². The van der Waals surface area contributed by atoms with Gasteiger partial charge in [-0.1, -0.05) is 19.1 Å². The van der Waals surface area contributed by atoms with Crippen LogP contribution in [0.25, 0.3) is 0 Å². The fourth-order valence-corrected chi connectivity index (χ4v) is 4.32. The van der Waals surface area contributed by atoms with Crippen LogP contribution in [0.1, 0.15) is 18.9 Å². The maximum atomic E-state index is 12.6. The van der Waals surface area contributed by atoms with Crippen LogP contribution in [0, 0.1) is 17.2 Å². The monoisotopic (exact) mass is 280 g/mol. The fourth-order valence-electron chi connectivity index (χ4n) is 2.45. The Hall–Kier alpha value is -1.42. The van der Waals surface area contributed by atoms with Gasteiger partial charge in [-0.25, -0.2) is 8.42 Å². The second kappa shape index (κ2) is 5.29. The number of nitriles is 1. The van der Waals surface area contributed by atoms with E-state index in [1.165, 1.54) is 16.4 Å². The quantitative estimate of drug-likeness (QED) is 0.893. The smallest absolute Gasteiger partial charge is 0.244 e. The van der Waals surface area contributed by atoms with E-state index in [0.717, 1.165) is 6.42 Å². The lowest BCUT2D eigenvalue weighted by Crippen LogP contribution is -2.40. The second-order valence-corrected chi connectivity index (χ2v) is 6.60. The normalized spacial score (nSPS) is 24.3. The summed E-state index contributed by atoms with van der Waals surface area (Å²) in [7, 11) is -3.72. The summed E-state index contributed by atoms with van der Waals surface area (Å²) in [6.07, 6.45) is 0.721. The Morgan fingerprint density at radius 1 is 1.47 bits per heavy atom. The summed E-state index contributed by atoms with van der Waals surface area (Å²) >= 11 is 0. The van der Waals surface area contributed by atoms with E-state index in [0.29, 0.717) is 6.54 Å². The average Bonchev–Trinajstić information content (AvgIpc) is 2.80. The lowest BCUT2D eigenvalue weighted by atomic mass is 10.0. The van der Waals surface area contributed by atoms with Gasteiger partial charge in [-0.05, 0) is 24.5 Å². The van der Waals surface area contributed by atoms with E-state index in [4.69, 9.17) is 5.26 Å². The molecule has 1 aromatic rings. The van der Waals surface area contributed by atoms with E-state index in [1.807, 2.05) is 13.0 Å². The lowest BCUT2D eigenvalue weighted by Gasteiger charge is -2.24. The Kier molecular flexibility index (Phi) is 3.90. The lowest BCUT2D eigenvalue weighted by molar-refractivity contribution is 0.191. The highest BCUT2D eigenvalue weighted by atomic mass is 32.2. The standard InChI is InChI=1S/C13H16N2O3S/c1-10-6-7-15(12(10)9-16)19(17,18)13-5-3-2-4-11(13)8-14/h2-5,10,12,16H,6-7,9H2,1H3. The molecule has 0 saturated carbocycles. The minimum Gasteiger partial charge on any atom is -0.395 e. The fraction of sp³-hybridized carbons (Fsp3) is 0.462. The van der Waals surface area contributed by atoms with Crippen molar-refractivity contribution in [3.63, 3.8) is 0 Å². The highest BCUT2D eigenvalue weighted by Gasteiger charge is 2.39. The molecule has 0 amide bonds. The summed E-state index contributed by atoms with van der Waals surface area (Å²) in [5.41, 5.74) is 0.138. The van der Waals surface area contributed by atoms with Crippen molar-refractivity contribution in [2.75, 3.05) is 13.2 Å². The van der Waals surface area contributed by atoms with Crippen LogP contribution >= 0.6 is 0 Å². The average molecular weight is 280 g/mol. The van der Waals surface area contributed by atoms with Crippen molar-refractivity contribution in [3.05, 3.63) is 29.8 Å². The van der Waals surface area contributed by atoms with Gasteiger partial charge in [0.05, 0.1) is 23.1 Å². The predicted octanol–water partition coefficient (Wildman–Crippen LogP) is 0.950. The summed E-state index contributed by atoms with van der Waals surface area (Å²) in [5.74, 6) is 0.119. The molecule has 0 radical (unpaired) electrons. The molecule has 1 N–H and O–H groups in total. The summed E-state index contributed by atoms with van der Waals surface area (Å²) in [6, 6.07) is 7.65. The van der Waals surface area contributed by atoms with Crippen LogP contribution in [0.4, 0.5) is 0 Å². The first-order valence-corrected chi connectivity index (χ1v) is 7.58. The molecule has 1 fully saturated rings. The molecule has 102 valence electrons. The van der Waals surface area contributed by atoms with Crippen LogP contribution in [-0.4, -0.2) is 37.0 Å². The Bertz CT molecular complexity index is 607. The van der Waals surface area contributed by atoms with Crippen LogP contribution in [-0.2, 0) is 10.0 Å². The number of aliphatic hydroxyl groups excluding tert-OH is 1. The van der Waals surface area contributed by atoms with Crippen molar-refractivity contribution in [2.45, 2.75) is 24.3 Å². The molecule has 1 aromatic carbocycles. The maximum Gasteiger partial charge on any atom is 0.244 e. The number of hydrogen-bond acceptors (Lipinski definition) is 4. The van der Waals surface area contributed by atoms with Gasteiger partial charge in [0.15, 0.2) is 0 Å². The summed E-state index contributed by atoms with van der Waals surface area (Å²) in [4.78, 5) is 0.0186. The maximum absolute atomic E-state index is 12.6. The van der Waals surface area contributed by atoms with Crippen molar-refractivity contribution < 1.29 is 13.5 Å². The molecule has 0 aromatic heterocycles. The number of aliphatic hydroxyl groups is 1. The highest BCUT2D eigenvalue weighted by molar-refractivity contribution is 7.89. The van der Waals surface area contributed by atoms with Crippen molar-refractivity contribution in [1.29, 1.82) is 5.26 Å². The van der Waals surface area contributed by atoms with Crippen molar-refractivity contribution in [2.24, 2.45) is 5.92 Å². The molecule has 2 atom stereocenters. The molecule has 0 spiro atoms. The first-order chi connectivity index (χ1) is 9.02. The van der Waals surface area contributed by atoms with Gasteiger partial charge in [0.25, 0.3) is 0 Å². The molecule has 5 nitrogen and oxygen atoms in total. The molecule has 1 heterocycles. The molecule has 0 aliphatic carbocycles. The van der Waals surface area contributed by atoms with Gasteiger partial charge in [0.1, 0.15) is 6.07 Å². The minimum absolute atomic E-state index is 0.0186. The van der Waals surface area contributed by atoms with Gasteiger partial charge in [-0.15, -0.1) is 0 Å². The molecular formula is C13H16N2O3S. The van der Waals surface area contributed by atoms with Gasteiger partial charge in [0, 0.05) is 6.54 Å². The summed E-state index contributed by atoms with van der Waals surface area (Å²) < 4.78 is 26.5. The van der Waals surface area contributed by atoms with Crippen LogP contribution in [0.2, 0.25) is 0 Å². The SMILES string of the molecule is CC1CCN(S(=O)(=O)c2ccccc2C#N)C1CO. The number of benzene rings is 1. The molecule has 6 heteroatoms. The molecular weight excluding hydrogens is 264 g/mol. The molecule has 0 bridgehead atoms. The molecule has 1 aliphatic rings. The van der Waals surface area contributed by atoms with Crippen LogP contribution < -0.4 is 0 Å². The zero-order valence-electron chi connectivity index (χ0n) is 10.7. The zero-order valence-corrected chi connectivity index (χ0v) is 11.5. The molecule has 1 aliphatic heterocycles. The van der Waals surface area contributed by atoms with E-state index in [-0.39, 0.29) is 23.0 Å². The Balaban J connectivity index is 2.46. The first kappa shape index (κ1) is 14.0. The number of hydrogen-bond donors (Lipinski definition) is 1. The third kappa shape index (κ3) is 2.37. The zero-order chi connectivity index (χ0) is 14.0. The summed E-state index contributed by atoms with van der Waals surface area (Å²) in [5, 5.41) is 18.4. The van der Waals surface area contributed by atoms with E-state index in [2.05, 4.69) is 0 Å². The first-order valence-electron chi connectivity index (χ1n) is 6.14. The Labute approximate surface area is 113 Å². The van der Waals surface area contributed by atoms with Gasteiger partial charge in [-0.2, -0.15) is 9.57 Å². The van der Waals surface area contributed by atoms with Crippen molar-refractivity contribution >= 4 is 10.0 Å². The third-order valence-corrected chi connectivity index (χ3v) is 5.60. The van der Waals surface area contributed by atoms with E-state index >= 15 is 0 Å². The summed E-state index contributed by atoms with van der Waals surface area (Å²) in [6.45, 7) is 2.11. The Morgan fingerprint density at radius 2 is 2.16 bits per heavy atom. The second-order valence-electron chi connectivity index (χ2n) is 4.74. The molecule has 1 saturated heterocycles. The topological polar surface area (TPSA) is 81.4 Å². The van der Waals surface area contributed by atoms with Gasteiger partial charge < -0.3 is 5.11 Å². The van der Waals surface area contributed by atoms with Gasteiger partial charge >= 0.3 is 0 Å². The number of sulfonamides is 1. The minimum atomic E-state index is -3.72. The molecule has 19 heavy (non-hydrogen) atoms. The van der Waals surface area contributed by atoms with Gasteiger partial charge in [0.2, 0.25) is 10.0 Å². The third-order valence-electron chi connectivity index (χ3n) is 3.61. The van der Waals surface area contributed by atoms with Crippen LogP contribution in [0.5, 0.6) is 0 Å². The van der Waals surface area contributed by atoms with Crippen molar-refractivity contribution in [1.82, 2.24) is 4.31 Å². The van der Waals surface area contributed by atoms with Crippen molar-refractivity contribution in [3.8, 4) is 6.07 Å². The number of rotatable bonds is 3.